The molecule has 1 amide bonds. The lowest BCUT2D eigenvalue weighted by Crippen LogP contribution is -2.43. The Morgan fingerprint density at radius 3 is 3.06 bits per heavy atom. The van der Waals surface area contributed by atoms with Gasteiger partial charge in [-0.2, -0.15) is 0 Å². The fourth-order valence-electron chi connectivity index (χ4n) is 2.65. The first-order valence-electron chi connectivity index (χ1n) is 5.45. The molecule has 0 aromatic heterocycles. The summed E-state index contributed by atoms with van der Waals surface area (Å²) in [6, 6.07) is 7.78. The summed E-state index contributed by atoms with van der Waals surface area (Å²) in [7, 11) is 0. The lowest BCUT2D eigenvalue weighted by atomic mass is 9.89. The number of aliphatic hydroxyl groups excluding tert-OH is 1. The number of aliphatic hydroxyl groups is 1. The van der Waals surface area contributed by atoms with Gasteiger partial charge in [0.15, 0.2) is 0 Å². The molecule has 1 aromatic rings. The maximum atomic E-state index is 11.6. The van der Waals surface area contributed by atoms with Crippen LogP contribution in [-0.2, 0) is 11.2 Å². The molecule has 4 nitrogen and oxygen atoms in total. The summed E-state index contributed by atoms with van der Waals surface area (Å²) in [6.07, 6.45) is 0.511. The van der Waals surface area contributed by atoms with Crippen molar-refractivity contribution in [1.82, 2.24) is 4.90 Å². The first-order chi connectivity index (χ1) is 7.81. The van der Waals surface area contributed by atoms with Crippen LogP contribution in [0.15, 0.2) is 24.3 Å². The van der Waals surface area contributed by atoms with Gasteiger partial charge in [0.05, 0.1) is 18.7 Å². The van der Waals surface area contributed by atoms with E-state index >= 15 is 0 Å². The van der Waals surface area contributed by atoms with Crippen molar-refractivity contribution < 1.29 is 14.6 Å². The summed E-state index contributed by atoms with van der Waals surface area (Å²) < 4.78 is 5.04. The molecule has 1 aromatic carbocycles. The van der Waals surface area contributed by atoms with Crippen LogP contribution < -0.4 is 0 Å². The van der Waals surface area contributed by atoms with Crippen LogP contribution in [0.5, 0.6) is 0 Å². The highest BCUT2D eigenvalue weighted by molar-refractivity contribution is 5.71. The number of ether oxygens (including phenoxy) is 1. The van der Waals surface area contributed by atoms with Gasteiger partial charge in [0, 0.05) is 0 Å². The van der Waals surface area contributed by atoms with Gasteiger partial charge in [0.2, 0.25) is 0 Å². The third-order valence-electron chi connectivity index (χ3n) is 3.38. The standard InChI is InChI=1S/C12H13NO3/c14-6-11-10-4-2-1-3-8(10)5-9-7-16-12(15)13(9)11/h1-4,9,11,14H,5-7H2/t9-,11-/m0/s1. The number of cyclic esters (lactones) is 1. The zero-order chi connectivity index (χ0) is 11.1. The third-order valence-corrected chi connectivity index (χ3v) is 3.38. The molecule has 0 saturated carbocycles. The molecule has 2 atom stereocenters. The first-order valence-corrected chi connectivity index (χ1v) is 5.45. The summed E-state index contributed by atoms with van der Waals surface area (Å²) in [5.41, 5.74) is 2.25. The highest BCUT2D eigenvalue weighted by Crippen LogP contribution is 2.35. The Hall–Kier alpha value is -1.55. The van der Waals surface area contributed by atoms with Crippen molar-refractivity contribution in [1.29, 1.82) is 0 Å². The van der Waals surface area contributed by atoms with Crippen LogP contribution in [-0.4, -0.2) is 35.4 Å². The van der Waals surface area contributed by atoms with Gasteiger partial charge >= 0.3 is 6.09 Å². The molecule has 2 aliphatic heterocycles. The molecule has 0 radical (unpaired) electrons. The zero-order valence-electron chi connectivity index (χ0n) is 8.80. The molecular formula is C12H13NO3. The first kappa shape index (κ1) is 9.66. The molecule has 3 rings (SSSR count). The van der Waals surface area contributed by atoms with Gasteiger partial charge in [-0.05, 0) is 17.5 Å². The Bertz CT molecular complexity index is 432. The number of carbonyl (C=O) groups excluding carboxylic acids is 1. The van der Waals surface area contributed by atoms with Crippen molar-refractivity contribution in [3.8, 4) is 0 Å². The number of nitrogens with zero attached hydrogens (tertiary/aromatic N) is 1. The maximum absolute atomic E-state index is 11.6. The van der Waals surface area contributed by atoms with Crippen LogP contribution in [0.2, 0.25) is 0 Å². The summed E-state index contributed by atoms with van der Waals surface area (Å²) in [6.45, 7) is 0.381. The SMILES string of the molecule is O=C1OC[C@@H]2Cc3ccccc3[C@H](CO)N12. The second kappa shape index (κ2) is 3.49. The van der Waals surface area contributed by atoms with Gasteiger partial charge in [-0.15, -0.1) is 0 Å². The fourth-order valence-corrected chi connectivity index (χ4v) is 2.65. The van der Waals surface area contributed by atoms with E-state index in [1.54, 1.807) is 4.90 Å². The topological polar surface area (TPSA) is 49.8 Å². The largest absolute Gasteiger partial charge is 0.447 e. The van der Waals surface area contributed by atoms with E-state index in [2.05, 4.69) is 6.07 Å². The van der Waals surface area contributed by atoms with Gasteiger partial charge in [0.1, 0.15) is 6.61 Å². The molecule has 4 heteroatoms. The molecule has 2 heterocycles. The van der Waals surface area contributed by atoms with Gasteiger partial charge < -0.3 is 9.84 Å². The van der Waals surface area contributed by atoms with Gasteiger partial charge in [-0.1, -0.05) is 24.3 Å². The molecule has 0 bridgehead atoms. The highest BCUT2D eigenvalue weighted by Gasteiger charge is 2.42. The summed E-state index contributed by atoms with van der Waals surface area (Å²) >= 11 is 0. The van der Waals surface area contributed by atoms with E-state index in [0.29, 0.717) is 6.61 Å². The number of amides is 1. The second-order valence-corrected chi connectivity index (χ2v) is 4.24. The van der Waals surface area contributed by atoms with Crippen LogP contribution in [0, 0.1) is 0 Å². The van der Waals surface area contributed by atoms with Gasteiger partial charge in [-0.3, -0.25) is 4.90 Å². The summed E-state index contributed by atoms with van der Waals surface area (Å²) in [5.74, 6) is 0. The number of hydrogen-bond donors (Lipinski definition) is 1. The Kier molecular flexibility index (Phi) is 2.11. The van der Waals surface area contributed by atoms with Crippen LogP contribution in [0.1, 0.15) is 17.2 Å². The summed E-state index contributed by atoms with van der Waals surface area (Å²) in [4.78, 5) is 13.2. The molecule has 1 fully saturated rings. The number of hydrogen-bond acceptors (Lipinski definition) is 3. The van der Waals surface area contributed by atoms with Crippen molar-refractivity contribution in [3.63, 3.8) is 0 Å². The molecule has 0 aliphatic carbocycles. The van der Waals surface area contributed by atoms with Crippen molar-refractivity contribution in [2.45, 2.75) is 18.5 Å². The van der Waals surface area contributed by atoms with E-state index in [9.17, 15) is 9.90 Å². The molecule has 1 saturated heterocycles. The van der Waals surface area contributed by atoms with Crippen molar-refractivity contribution in [3.05, 3.63) is 35.4 Å². The molecule has 16 heavy (non-hydrogen) atoms. The predicted molar refractivity (Wildman–Crippen MR) is 56.9 cm³/mol. The number of benzene rings is 1. The molecule has 84 valence electrons. The quantitative estimate of drug-likeness (QED) is 0.769. The minimum Gasteiger partial charge on any atom is -0.447 e. The second-order valence-electron chi connectivity index (χ2n) is 4.24. The zero-order valence-corrected chi connectivity index (χ0v) is 8.80. The van der Waals surface area contributed by atoms with Crippen LogP contribution in [0.3, 0.4) is 0 Å². The van der Waals surface area contributed by atoms with E-state index in [-0.39, 0.29) is 24.8 Å². The molecule has 2 aliphatic rings. The van der Waals surface area contributed by atoms with E-state index in [1.807, 2.05) is 18.2 Å². The minimum absolute atomic E-state index is 0.0530. The van der Waals surface area contributed by atoms with E-state index < -0.39 is 0 Å². The average molecular weight is 219 g/mol. The van der Waals surface area contributed by atoms with Gasteiger partial charge in [0.25, 0.3) is 0 Å². The van der Waals surface area contributed by atoms with Gasteiger partial charge in [-0.25, -0.2) is 4.79 Å². The Morgan fingerprint density at radius 2 is 2.25 bits per heavy atom. The average Bonchev–Trinajstić information content (AvgIpc) is 2.68. The third kappa shape index (κ3) is 1.23. The molecule has 0 unspecified atom stereocenters. The van der Waals surface area contributed by atoms with E-state index in [4.69, 9.17) is 4.74 Å². The van der Waals surface area contributed by atoms with Crippen LogP contribution in [0.4, 0.5) is 4.79 Å². The molecule has 1 N–H and O–H groups in total. The Morgan fingerprint density at radius 1 is 1.44 bits per heavy atom. The molecular weight excluding hydrogens is 206 g/mol. The highest BCUT2D eigenvalue weighted by atomic mass is 16.6. The normalized spacial score (nSPS) is 27.3. The predicted octanol–water partition coefficient (Wildman–Crippen LogP) is 1.10. The van der Waals surface area contributed by atoms with Crippen LogP contribution >= 0.6 is 0 Å². The maximum Gasteiger partial charge on any atom is 0.410 e. The van der Waals surface area contributed by atoms with E-state index in [0.717, 1.165) is 12.0 Å². The smallest absolute Gasteiger partial charge is 0.410 e. The van der Waals surface area contributed by atoms with Crippen LogP contribution in [0.25, 0.3) is 0 Å². The monoisotopic (exact) mass is 219 g/mol. The lowest BCUT2D eigenvalue weighted by molar-refractivity contribution is 0.110. The summed E-state index contributed by atoms with van der Waals surface area (Å²) in [5, 5.41) is 9.45. The Labute approximate surface area is 93.4 Å². The molecule has 0 spiro atoms. The minimum atomic E-state index is -0.307. The van der Waals surface area contributed by atoms with E-state index in [1.165, 1.54) is 5.56 Å². The lowest BCUT2D eigenvalue weighted by Gasteiger charge is -2.35. The number of fused-ring (bicyclic) bond motifs is 2. The van der Waals surface area contributed by atoms with Crippen molar-refractivity contribution in [2.24, 2.45) is 0 Å². The van der Waals surface area contributed by atoms with Crippen molar-refractivity contribution >= 4 is 6.09 Å². The number of rotatable bonds is 1. The Balaban J connectivity index is 2.07. The van der Waals surface area contributed by atoms with Crippen molar-refractivity contribution in [2.75, 3.05) is 13.2 Å². The number of carbonyl (C=O) groups is 1. The fraction of sp³-hybridized carbons (Fsp3) is 0.417.